The first-order chi connectivity index (χ1) is 6.19. The summed E-state index contributed by atoms with van der Waals surface area (Å²) in [5, 5.41) is 8.77. The maximum atomic E-state index is 13.3. The van der Waals surface area contributed by atoms with Crippen LogP contribution >= 0.6 is 0 Å². The predicted octanol–water partition coefficient (Wildman–Crippen LogP) is 1.77. The zero-order valence-electron chi connectivity index (χ0n) is 7.92. The topological polar surface area (TPSA) is 23.5 Å². The maximum absolute atomic E-state index is 13.3. The van der Waals surface area contributed by atoms with Gasteiger partial charge in [-0.25, -0.2) is 4.39 Å². The first-order valence-corrected chi connectivity index (χ1v) is 4.29. The van der Waals surface area contributed by atoms with Crippen LogP contribution < -0.4 is 4.90 Å². The van der Waals surface area contributed by atoms with Gasteiger partial charge in [-0.2, -0.15) is 0 Å². The van der Waals surface area contributed by atoms with Gasteiger partial charge in [-0.05, 0) is 24.6 Å². The predicted molar refractivity (Wildman–Crippen MR) is 51.3 cm³/mol. The van der Waals surface area contributed by atoms with E-state index in [0.717, 1.165) is 6.54 Å². The molecule has 1 N–H and O–H groups in total. The van der Waals surface area contributed by atoms with E-state index < -0.39 is 0 Å². The Labute approximate surface area is 77.6 Å². The molecule has 0 fully saturated rings. The van der Waals surface area contributed by atoms with Crippen molar-refractivity contribution in [3.63, 3.8) is 0 Å². The fraction of sp³-hybridized carbons (Fsp3) is 0.400. The summed E-state index contributed by atoms with van der Waals surface area (Å²) in [6, 6.07) is 4.77. The van der Waals surface area contributed by atoms with Crippen molar-refractivity contribution in [2.75, 3.05) is 18.5 Å². The number of aliphatic hydroxyl groups excluding tert-OH is 1. The molecule has 1 aromatic carbocycles. The van der Waals surface area contributed by atoms with Gasteiger partial charge >= 0.3 is 0 Å². The Hall–Kier alpha value is -1.09. The van der Waals surface area contributed by atoms with Crippen molar-refractivity contribution in [3.05, 3.63) is 29.6 Å². The molecular weight excluding hydrogens is 169 g/mol. The lowest BCUT2D eigenvalue weighted by molar-refractivity contribution is 0.281. The number of halogens is 1. The van der Waals surface area contributed by atoms with E-state index >= 15 is 0 Å². The zero-order valence-corrected chi connectivity index (χ0v) is 7.92. The highest BCUT2D eigenvalue weighted by atomic mass is 19.1. The second-order valence-electron chi connectivity index (χ2n) is 2.96. The van der Waals surface area contributed by atoms with E-state index in [1.807, 2.05) is 18.9 Å². The lowest BCUT2D eigenvalue weighted by Gasteiger charge is -2.17. The SMILES string of the molecule is CCN(C)c1ccc(CO)cc1F. The Bertz CT molecular complexity index is 288. The van der Waals surface area contributed by atoms with E-state index in [1.165, 1.54) is 6.07 Å². The molecule has 0 aliphatic heterocycles. The second kappa shape index (κ2) is 4.23. The van der Waals surface area contributed by atoms with Crippen LogP contribution in [0.1, 0.15) is 12.5 Å². The molecule has 0 atom stereocenters. The molecule has 0 aromatic heterocycles. The van der Waals surface area contributed by atoms with Crippen molar-refractivity contribution in [2.24, 2.45) is 0 Å². The van der Waals surface area contributed by atoms with Crippen LogP contribution in [-0.4, -0.2) is 18.7 Å². The van der Waals surface area contributed by atoms with Crippen LogP contribution in [0.2, 0.25) is 0 Å². The summed E-state index contributed by atoms with van der Waals surface area (Å²) in [5.41, 5.74) is 1.17. The monoisotopic (exact) mass is 183 g/mol. The van der Waals surface area contributed by atoms with E-state index in [-0.39, 0.29) is 12.4 Å². The van der Waals surface area contributed by atoms with Crippen LogP contribution in [0.4, 0.5) is 10.1 Å². The highest BCUT2D eigenvalue weighted by Gasteiger charge is 2.05. The number of anilines is 1. The van der Waals surface area contributed by atoms with Crippen LogP contribution in [0.5, 0.6) is 0 Å². The van der Waals surface area contributed by atoms with E-state index in [0.29, 0.717) is 11.3 Å². The largest absolute Gasteiger partial charge is 0.392 e. The maximum Gasteiger partial charge on any atom is 0.146 e. The molecule has 0 aliphatic carbocycles. The minimum absolute atomic E-state index is 0.118. The van der Waals surface area contributed by atoms with Gasteiger partial charge in [0.25, 0.3) is 0 Å². The van der Waals surface area contributed by atoms with Crippen molar-refractivity contribution in [1.82, 2.24) is 0 Å². The highest BCUT2D eigenvalue weighted by molar-refractivity contribution is 5.48. The van der Waals surface area contributed by atoms with Gasteiger partial charge in [-0.3, -0.25) is 0 Å². The highest BCUT2D eigenvalue weighted by Crippen LogP contribution is 2.18. The first-order valence-electron chi connectivity index (χ1n) is 4.29. The fourth-order valence-corrected chi connectivity index (χ4v) is 1.13. The lowest BCUT2D eigenvalue weighted by Crippen LogP contribution is -2.17. The normalized spacial score (nSPS) is 10.2. The van der Waals surface area contributed by atoms with E-state index in [9.17, 15) is 4.39 Å². The summed E-state index contributed by atoms with van der Waals surface area (Å²) >= 11 is 0. The third-order valence-electron chi connectivity index (χ3n) is 2.08. The van der Waals surface area contributed by atoms with Gasteiger partial charge in [0.15, 0.2) is 0 Å². The number of hydrogen-bond acceptors (Lipinski definition) is 2. The van der Waals surface area contributed by atoms with Crippen molar-refractivity contribution in [1.29, 1.82) is 0 Å². The van der Waals surface area contributed by atoms with Crippen molar-refractivity contribution >= 4 is 5.69 Å². The Kier molecular flexibility index (Phi) is 3.25. The lowest BCUT2D eigenvalue weighted by atomic mass is 10.2. The number of benzene rings is 1. The van der Waals surface area contributed by atoms with Crippen molar-refractivity contribution in [3.8, 4) is 0 Å². The Balaban J connectivity index is 2.98. The molecular formula is C10H14FNO. The van der Waals surface area contributed by atoms with E-state index in [4.69, 9.17) is 5.11 Å². The molecule has 13 heavy (non-hydrogen) atoms. The van der Waals surface area contributed by atoms with Crippen LogP contribution in [0.3, 0.4) is 0 Å². The quantitative estimate of drug-likeness (QED) is 0.772. The first kappa shape index (κ1) is 9.99. The van der Waals surface area contributed by atoms with Gasteiger partial charge in [0.1, 0.15) is 5.82 Å². The summed E-state index contributed by atoms with van der Waals surface area (Å²) in [7, 11) is 1.83. The van der Waals surface area contributed by atoms with Gasteiger partial charge in [0, 0.05) is 13.6 Å². The number of rotatable bonds is 3. The molecule has 0 aliphatic rings. The van der Waals surface area contributed by atoms with Crippen molar-refractivity contribution < 1.29 is 9.50 Å². The standard InChI is InChI=1S/C10H14FNO/c1-3-12(2)10-5-4-8(7-13)6-9(10)11/h4-6,13H,3,7H2,1-2H3. The molecule has 72 valence electrons. The summed E-state index contributed by atoms with van der Waals surface area (Å²) in [6.45, 7) is 2.60. The average Bonchev–Trinajstić information content (AvgIpc) is 2.16. The summed E-state index contributed by atoms with van der Waals surface area (Å²) < 4.78 is 13.3. The van der Waals surface area contributed by atoms with Crippen LogP contribution in [0, 0.1) is 5.82 Å². The number of hydrogen-bond donors (Lipinski definition) is 1. The van der Waals surface area contributed by atoms with Crippen LogP contribution in [0.15, 0.2) is 18.2 Å². The third-order valence-corrected chi connectivity index (χ3v) is 2.08. The molecule has 0 unspecified atom stereocenters. The molecule has 3 heteroatoms. The van der Waals surface area contributed by atoms with Gasteiger partial charge in [0.2, 0.25) is 0 Å². The van der Waals surface area contributed by atoms with Gasteiger partial charge in [-0.15, -0.1) is 0 Å². The van der Waals surface area contributed by atoms with E-state index in [1.54, 1.807) is 12.1 Å². The summed E-state index contributed by atoms with van der Waals surface area (Å²) in [6.07, 6.45) is 0. The molecule has 0 bridgehead atoms. The molecule has 0 radical (unpaired) electrons. The molecule has 0 spiro atoms. The molecule has 1 rings (SSSR count). The second-order valence-corrected chi connectivity index (χ2v) is 2.96. The number of nitrogens with zero attached hydrogens (tertiary/aromatic N) is 1. The fourth-order valence-electron chi connectivity index (χ4n) is 1.13. The van der Waals surface area contributed by atoms with Gasteiger partial charge < -0.3 is 10.0 Å². The summed E-state index contributed by atoms with van der Waals surface area (Å²) in [4.78, 5) is 1.82. The number of aliphatic hydroxyl groups is 1. The molecule has 1 aromatic rings. The third kappa shape index (κ3) is 2.18. The van der Waals surface area contributed by atoms with Gasteiger partial charge in [0.05, 0.1) is 12.3 Å². The summed E-state index contributed by atoms with van der Waals surface area (Å²) in [5.74, 6) is -0.282. The molecule has 0 saturated heterocycles. The van der Waals surface area contributed by atoms with Gasteiger partial charge in [-0.1, -0.05) is 6.07 Å². The molecule has 2 nitrogen and oxygen atoms in total. The Morgan fingerprint density at radius 3 is 2.62 bits per heavy atom. The average molecular weight is 183 g/mol. The molecule has 0 amide bonds. The van der Waals surface area contributed by atoms with Crippen LogP contribution in [-0.2, 0) is 6.61 Å². The minimum Gasteiger partial charge on any atom is -0.392 e. The molecule has 0 saturated carbocycles. The van der Waals surface area contributed by atoms with E-state index in [2.05, 4.69) is 0 Å². The van der Waals surface area contributed by atoms with Crippen molar-refractivity contribution in [2.45, 2.75) is 13.5 Å². The zero-order chi connectivity index (χ0) is 9.84. The minimum atomic E-state index is -0.282. The Morgan fingerprint density at radius 1 is 1.46 bits per heavy atom. The smallest absolute Gasteiger partial charge is 0.146 e. The molecule has 0 heterocycles. The van der Waals surface area contributed by atoms with Crippen LogP contribution in [0.25, 0.3) is 0 Å². The Morgan fingerprint density at radius 2 is 2.15 bits per heavy atom.